The summed E-state index contributed by atoms with van der Waals surface area (Å²) in [4.78, 5) is 36.8. The maximum absolute atomic E-state index is 13.1. The molecule has 2 amide bonds. The van der Waals surface area contributed by atoms with Crippen molar-refractivity contribution in [2.75, 3.05) is 18.2 Å². The Labute approximate surface area is 215 Å². The van der Waals surface area contributed by atoms with E-state index in [0.29, 0.717) is 40.6 Å². The number of hydrazone groups is 1. The number of rotatable bonds is 9. The molecule has 194 valence electrons. The van der Waals surface area contributed by atoms with E-state index >= 15 is 0 Å². The Morgan fingerprint density at radius 2 is 1.89 bits per heavy atom. The number of anilines is 1. The van der Waals surface area contributed by atoms with Crippen molar-refractivity contribution in [1.82, 2.24) is 5.32 Å². The predicted molar refractivity (Wildman–Crippen MR) is 140 cm³/mol. The molecule has 0 atom stereocenters. The summed E-state index contributed by atoms with van der Waals surface area (Å²) in [5.74, 6) is -0.692. The molecule has 0 bridgehead atoms. The number of aromatic carboxylic acids is 1. The highest BCUT2D eigenvalue weighted by Crippen LogP contribution is 2.31. The molecule has 0 aromatic heterocycles. The minimum atomic E-state index is -1.08. The van der Waals surface area contributed by atoms with Crippen molar-refractivity contribution in [2.45, 2.75) is 52.0 Å². The van der Waals surface area contributed by atoms with Gasteiger partial charge in [-0.1, -0.05) is 31.4 Å². The van der Waals surface area contributed by atoms with E-state index in [0.717, 1.165) is 25.7 Å². The lowest BCUT2D eigenvalue weighted by Crippen LogP contribution is -2.39. The summed E-state index contributed by atoms with van der Waals surface area (Å²) in [6.07, 6.45) is 7.19. The highest BCUT2D eigenvalue weighted by atomic mass is 16.5. The maximum Gasteiger partial charge on any atom is 0.335 e. The Balaban J connectivity index is 1.48. The number of benzene rings is 2. The number of amides is 2. The lowest BCUT2D eigenvalue weighted by Gasteiger charge is -2.22. The lowest BCUT2D eigenvalue weighted by atomic mass is 9.95. The van der Waals surface area contributed by atoms with Crippen molar-refractivity contribution in [3.8, 4) is 11.5 Å². The molecular weight excluding hydrogens is 474 g/mol. The summed E-state index contributed by atoms with van der Waals surface area (Å²) in [5, 5.41) is 17.8. The molecule has 9 heteroatoms. The van der Waals surface area contributed by atoms with Gasteiger partial charge in [-0.3, -0.25) is 9.59 Å². The Kier molecular flexibility index (Phi) is 8.22. The molecule has 1 fully saturated rings. The first kappa shape index (κ1) is 25.9. The fraction of sp³-hybridized carbons (Fsp3) is 0.357. The van der Waals surface area contributed by atoms with Crippen molar-refractivity contribution in [3.63, 3.8) is 0 Å². The average molecular weight is 506 g/mol. The number of hydrogen-bond acceptors (Lipinski definition) is 6. The van der Waals surface area contributed by atoms with Gasteiger partial charge < -0.3 is 19.9 Å². The third kappa shape index (κ3) is 6.35. The molecule has 37 heavy (non-hydrogen) atoms. The second-order valence-corrected chi connectivity index (χ2v) is 9.05. The molecule has 0 radical (unpaired) electrons. The Morgan fingerprint density at radius 3 is 2.62 bits per heavy atom. The molecule has 1 aliphatic heterocycles. The number of carbonyl (C=O) groups excluding carboxylic acids is 2. The molecule has 0 unspecified atom stereocenters. The SMILES string of the molecule is CCOc1cc(C=C2C(=O)N(c3cccc(C(=O)O)c3)N=C2C)ccc1OCC(=O)NC1CCCCC1. The normalized spacial score (nSPS) is 17.0. The molecule has 4 rings (SSSR count). The smallest absolute Gasteiger partial charge is 0.335 e. The summed E-state index contributed by atoms with van der Waals surface area (Å²) in [5.41, 5.74) is 2.02. The van der Waals surface area contributed by atoms with Crippen LogP contribution in [0.1, 0.15) is 61.9 Å². The van der Waals surface area contributed by atoms with E-state index in [9.17, 15) is 19.5 Å². The van der Waals surface area contributed by atoms with Crippen molar-refractivity contribution in [3.05, 3.63) is 59.2 Å². The molecule has 2 N–H and O–H groups in total. The number of hydrogen-bond donors (Lipinski definition) is 2. The van der Waals surface area contributed by atoms with Crippen molar-refractivity contribution in [2.24, 2.45) is 5.10 Å². The van der Waals surface area contributed by atoms with Crippen LogP contribution in [0.5, 0.6) is 11.5 Å². The highest BCUT2D eigenvalue weighted by Gasteiger charge is 2.29. The third-order valence-corrected chi connectivity index (χ3v) is 6.31. The summed E-state index contributed by atoms with van der Waals surface area (Å²) in [7, 11) is 0. The van der Waals surface area contributed by atoms with Crippen LogP contribution < -0.4 is 19.8 Å². The first-order valence-corrected chi connectivity index (χ1v) is 12.5. The maximum atomic E-state index is 13.1. The lowest BCUT2D eigenvalue weighted by molar-refractivity contribution is -0.124. The fourth-order valence-electron chi connectivity index (χ4n) is 4.46. The number of nitrogens with zero attached hydrogens (tertiary/aromatic N) is 2. The van der Waals surface area contributed by atoms with Gasteiger partial charge >= 0.3 is 5.97 Å². The molecule has 0 saturated heterocycles. The van der Waals surface area contributed by atoms with Gasteiger partial charge in [-0.15, -0.1) is 0 Å². The van der Waals surface area contributed by atoms with Crippen LogP contribution in [0, 0.1) is 0 Å². The van der Waals surface area contributed by atoms with E-state index in [1.807, 2.05) is 6.92 Å². The summed E-state index contributed by atoms with van der Waals surface area (Å²) in [6.45, 7) is 3.87. The second kappa shape index (κ2) is 11.7. The predicted octanol–water partition coefficient (Wildman–Crippen LogP) is 4.42. The van der Waals surface area contributed by atoms with Crippen LogP contribution in [0.2, 0.25) is 0 Å². The monoisotopic (exact) mass is 505 g/mol. The van der Waals surface area contributed by atoms with Crippen LogP contribution in [0.25, 0.3) is 6.08 Å². The van der Waals surface area contributed by atoms with E-state index in [1.165, 1.54) is 23.6 Å². The summed E-state index contributed by atoms with van der Waals surface area (Å²) >= 11 is 0. The molecule has 1 heterocycles. The molecular formula is C28H31N3O6. The Bertz CT molecular complexity index is 1250. The Morgan fingerprint density at radius 1 is 1.11 bits per heavy atom. The highest BCUT2D eigenvalue weighted by molar-refractivity contribution is 6.32. The van der Waals surface area contributed by atoms with Crippen molar-refractivity contribution in [1.29, 1.82) is 0 Å². The van der Waals surface area contributed by atoms with Gasteiger partial charge in [0.2, 0.25) is 0 Å². The third-order valence-electron chi connectivity index (χ3n) is 6.31. The van der Waals surface area contributed by atoms with Gasteiger partial charge in [-0.2, -0.15) is 10.1 Å². The van der Waals surface area contributed by atoms with Gasteiger partial charge in [-0.05, 0) is 68.7 Å². The van der Waals surface area contributed by atoms with Gasteiger partial charge in [-0.25, -0.2) is 4.79 Å². The van der Waals surface area contributed by atoms with E-state index in [4.69, 9.17) is 9.47 Å². The van der Waals surface area contributed by atoms with Gasteiger partial charge in [0.25, 0.3) is 11.8 Å². The number of nitrogens with one attached hydrogen (secondary N) is 1. The van der Waals surface area contributed by atoms with Crippen molar-refractivity contribution < 1.29 is 29.0 Å². The molecule has 1 saturated carbocycles. The first-order valence-electron chi connectivity index (χ1n) is 12.5. The quantitative estimate of drug-likeness (QED) is 0.487. The zero-order valence-corrected chi connectivity index (χ0v) is 21.0. The second-order valence-electron chi connectivity index (χ2n) is 9.05. The minimum absolute atomic E-state index is 0.0694. The van der Waals surface area contributed by atoms with Crippen molar-refractivity contribution >= 4 is 35.3 Å². The summed E-state index contributed by atoms with van der Waals surface area (Å²) in [6, 6.07) is 11.5. The number of ether oxygens (including phenoxy) is 2. The van der Waals surface area contributed by atoms with E-state index in [2.05, 4.69) is 10.4 Å². The molecule has 2 aromatic carbocycles. The van der Waals surface area contributed by atoms with Crippen LogP contribution in [-0.2, 0) is 9.59 Å². The van der Waals surface area contributed by atoms with Crippen LogP contribution in [0.15, 0.2) is 53.1 Å². The molecule has 0 spiro atoms. The van der Waals surface area contributed by atoms with Gasteiger partial charge in [0.05, 0.1) is 29.1 Å². The minimum Gasteiger partial charge on any atom is -0.490 e. The van der Waals surface area contributed by atoms with Crippen LogP contribution in [0.4, 0.5) is 5.69 Å². The molecule has 2 aliphatic rings. The standard InChI is InChI=1S/C28H31N3O6/c1-3-36-25-15-19(12-13-24(25)37-17-26(32)29-21-9-5-4-6-10-21)14-23-18(2)30-31(27(23)33)22-11-7-8-20(16-22)28(34)35/h7-8,11-16,21H,3-6,9-10,17H2,1-2H3,(H,29,32)(H,34,35). The number of carboxylic acids is 1. The summed E-state index contributed by atoms with van der Waals surface area (Å²) < 4.78 is 11.5. The topological polar surface area (TPSA) is 118 Å². The first-order chi connectivity index (χ1) is 17.9. The zero-order valence-electron chi connectivity index (χ0n) is 21.0. The van der Waals surface area contributed by atoms with Crippen LogP contribution >= 0.6 is 0 Å². The van der Waals surface area contributed by atoms with E-state index in [-0.39, 0.29) is 30.0 Å². The molecule has 9 nitrogen and oxygen atoms in total. The number of carboxylic acid groups (broad SMARTS) is 1. The van der Waals surface area contributed by atoms with Gasteiger partial charge in [0.1, 0.15) is 0 Å². The fourth-order valence-corrected chi connectivity index (χ4v) is 4.46. The van der Waals surface area contributed by atoms with Gasteiger partial charge in [0, 0.05) is 6.04 Å². The van der Waals surface area contributed by atoms with E-state index < -0.39 is 5.97 Å². The van der Waals surface area contributed by atoms with Gasteiger partial charge in [0.15, 0.2) is 18.1 Å². The molecule has 2 aromatic rings. The molecule has 1 aliphatic carbocycles. The van der Waals surface area contributed by atoms with E-state index in [1.54, 1.807) is 43.3 Å². The van der Waals surface area contributed by atoms with Crippen LogP contribution in [0.3, 0.4) is 0 Å². The Hall–Kier alpha value is -4.14. The zero-order chi connectivity index (χ0) is 26.4. The van der Waals surface area contributed by atoms with Crippen LogP contribution in [-0.4, -0.2) is 47.9 Å². The largest absolute Gasteiger partial charge is 0.490 e. The number of carbonyl (C=O) groups is 3. The average Bonchev–Trinajstić information content (AvgIpc) is 3.17.